The number of nitrogens with one attached hydrogen (secondary N) is 1. The molecule has 0 saturated heterocycles. The van der Waals surface area contributed by atoms with Gasteiger partial charge in [-0.2, -0.15) is 0 Å². The Bertz CT molecular complexity index is 458. The smallest absolute Gasteiger partial charge is 0.165 e. The van der Waals surface area contributed by atoms with Gasteiger partial charge in [-0.1, -0.05) is 0 Å². The molecule has 5 heteroatoms. The topological polar surface area (TPSA) is 24.9 Å². The van der Waals surface area contributed by atoms with Crippen LogP contribution in [0.2, 0.25) is 0 Å². The van der Waals surface area contributed by atoms with E-state index in [4.69, 9.17) is 0 Å². The second kappa shape index (κ2) is 4.72. The molecule has 2 rings (SSSR count). The third-order valence-corrected chi connectivity index (χ3v) is 3.51. The Hall–Kier alpha value is -0.940. The van der Waals surface area contributed by atoms with Crippen LogP contribution in [-0.4, -0.2) is 4.98 Å². The lowest BCUT2D eigenvalue weighted by Crippen LogP contribution is -2.01. The van der Waals surface area contributed by atoms with E-state index in [0.717, 1.165) is 9.35 Å². The van der Waals surface area contributed by atoms with E-state index in [1.807, 2.05) is 11.4 Å². The molecule has 1 N–H and O–H groups in total. The van der Waals surface area contributed by atoms with Gasteiger partial charge in [0.2, 0.25) is 0 Å². The largest absolute Gasteiger partial charge is 0.363 e. The molecule has 0 aliphatic rings. The number of aromatic nitrogens is 1. The summed E-state index contributed by atoms with van der Waals surface area (Å²) in [6.07, 6.45) is 1.57. The number of nitrogens with zero attached hydrogens (tertiary/aromatic N) is 1. The highest BCUT2D eigenvalue weighted by Gasteiger charge is 2.02. The van der Waals surface area contributed by atoms with Crippen LogP contribution in [0, 0.1) is 5.82 Å². The first-order chi connectivity index (χ1) is 7.25. The summed E-state index contributed by atoms with van der Waals surface area (Å²) < 4.78 is 14.2. The molecule has 2 aromatic rings. The number of anilines is 1. The van der Waals surface area contributed by atoms with E-state index in [2.05, 4.69) is 26.2 Å². The van der Waals surface area contributed by atoms with Crippen LogP contribution in [0.15, 0.2) is 34.2 Å². The van der Waals surface area contributed by atoms with Crippen molar-refractivity contribution in [3.8, 4) is 0 Å². The lowest BCUT2D eigenvalue weighted by molar-refractivity contribution is 0.624. The van der Waals surface area contributed by atoms with Gasteiger partial charge in [0, 0.05) is 20.9 Å². The summed E-state index contributed by atoms with van der Waals surface area (Å²) in [7, 11) is 0. The molecule has 78 valence electrons. The van der Waals surface area contributed by atoms with Gasteiger partial charge >= 0.3 is 0 Å². The first kappa shape index (κ1) is 10.6. The minimum Gasteiger partial charge on any atom is -0.363 e. The SMILES string of the molecule is Fc1cccnc1NCc1cc(Br)cs1. The van der Waals surface area contributed by atoms with Gasteiger partial charge in [0.05, 0.1) is 6.54 Å². The number of hydrogen-bond acceptors (Lipinski definition) is 3. The summed E-state index contributed by atoms with van der Waals surface area (Å²) >= 11 is 4.98. The van der Waals surface area contributed by atoms with Crippen molar-refractivity contribution in [2.75, 3.05) is 5.32 Å². The van der Waals surface area contributed by atoms with E-state index < -0.39 is 0 Å². The molecule has 2 aromatic heterocycles. The zero-order chi connectivity index (χ0) is 10.7. The lowest BCUT2D eigenvalue weighted by atomic mass is 10.4. The third-order valence-electron chi connectivity index (χ3n) is 1.81. The van der Waals surface area contributed by atoms with Crippen LogP contribution >= 0.6 is 27.3 Å². The molecule has 0 unspecified atom stereocenters. The number of thiophene rings is 1. The van der Waals surface area contributed by atoms with E-state index in [1.165, 1.54) is 6.07 Å². The van der Waals surface area contributed by atoms with Crippen molar-refractivity contribution in [2.24, 2.45) is 0 Å². The first-order valence-corrected chi connectivity index (χ1v) is 6.00. The minimum atomic E-state index is -0.326. The molecule has 0 saturated carbocycles. The van der Waals surface area contributed by atoms with Gasteiger partial charge in [-0.05, 0) is 34.1 Å². The summed E-state index contributed by atoms with van der Waals surface area (Å²) in [6.45, 7) is 0.587. The molecular formula is C10H8BrFN2S. The van der Waals surface area contributed by atoms with Gasteiger partial charge in [0.15, 0.2) is 11.6 Å². The van der Waals surface area contributed by atoms with E-state index in [-0.39, 0.29) is 5.82 Å². The van der Waals surface area contributed by atoms with Crippen LogP contribution in [0.1, 0.15) is 4.88 Å². The van der Waals surface area contributed by atoms with Crippen LogP contribution in [-0.2, 0) is 6.54 Å². The third kappa shape index (κ3) is 2.76. The number of pyridine rings is 1. The van der Waals surface area contributed by atoms with Crippen molar-refractivity contribution in [1.82, 2.24) is 4.98 Å². The van der Waals surface area contributed by atoms with E-state index in [9.17, 15) is 4.39 Å². The van der Waals surface area contributed by atoms with Gasteiger partial charge < -0.3 is 5.32 Å². The predicted molar refractivity (Wildman–Crippen MR) is 63.5 cm³/mol. The van der Waals surface area contributed by atoms with Gasteiger partial charge in [0.25, 0.3) is 0 Å². The zero-order valence-electron chi connectivity index (χ0n) is 7.71. The highest BCUT2D eigenvalue weighted by molar-refractivity contribution is 9.10. The maximum atomic E-state index is 13.2. The molecule has 0 aliphatic carbocycles. The Morgan fingerprint density at radius 2 is 2.40 bits per heavy atom. The molecule has 0 radical (unpaired) electrons. The Morgan fingerprint density at radius 3 is 3.07 bits per heavy atom. The second-order valence-corrected chi connectivity index (χ2v) is 4.83. The highest BCUT2D eigenvalue weighted by Crippen LogP contribution is 2.20. The van der Waals surface area contributed by atoms with Gasteiger partial charge in [-0.15, -0.1) is 11.3 Å². The van der Waals surface area contributed by atoms with Crippen molar-refractivity contribution in [3.05, 3.63) is 44.9 Å². The molecular weight excluding hydrogens is 279 g/mol. The van der Waals surface area contributed by atoms with Crippen LogP contribution in [0.25, 0.3) is 0 Å². The molecule has 0 aliphatic heterocycles. The Morgan fingerprint density at radius 1 is 1.53 bits per heavy atom. The van der Waals surface area contributed by atoms with Gasteiger partial charge in [-0.3, -0.25) is 0 Å². The molecule has 2 nitrogen and oxygen atoms in total. The Labute approximate surface area is 99.3 Å². The summed E-state index contributed by atoms with van der Waals surface area (Å²) in [5.41, 5.74) is 0. The Kier molecular flexibility index (Phi) is 3.33. The Balaban J connectivity index is 2.02. The fourth-order valence-corrected chi connectivity index (χ4v) is 2.52. The number of rotatable bonds is 3. The van der Waals surface area contributed by atoms with Crippen LogP contribution < -0.4 is 5.32 Å². The summed E-state index contributed by atoms with van der Waals surface area (Å²) in [4.78, 5) is 5.04. The van der Waals surface area contributed by atoms with Crippen molar-refractivity contribution < 1.29 is 4.39 Å². The maximum absolute atomic E-state index is 13.2. The fourth-order valence-electron chi connectivity index (χ4n) is 1.13. The van der Waals surface area contributed by atoms with Gasteiger partial charge in [-0.25, -0.2) is 9.37 Å². The van der Waals surface area contributed by atoms with E-state index >= 15 is 0 Å². The molecule has 0 fully saturated rings. The standard InChI is InChI=1S/C10H8BrFN2S/c11-7-4-8(15-6-7)5-14-10-9(12)2-1-3-13-10/h1-4,6H,5H2,(H,13,14). The molecule has 0 spiro atoms. The minimum absolute atomic E-state index is 0.294. The molecule has 0 atom stereocenters. The molecule has 0 aromatic carbocycles. The first-order valence-electron chi connectivity index (χ1n) is 4.33. The quantitative estimate of drug-likeness (QED) is 0.932. The fraction of sp³-hybridized carbons (Fsp3) is 0.100. The average Bonchev–Trinajstić information content (AvgIpc) is 2.63. The van der Waals surface area contributed by atoms with Crippen molar-refractivity contribution in [1.29, 1.82) is 0 Å². The number of hydrogen-bond donors (Lipinski definition) is 1. The van der Waals surface area contributed by atoms with Crippen LogP contribution in [0.4, 0.5) is 10.2 Å². The molecule has 0 bridgehead atoms. The highest BCUT2D eigenvalue weighted by atomic mass is 79.9. The van der Waals surface area contributed by atoms with Crippen molar-refractivity contribution >= 4 is 33.1 Å². The predicted octanol–water partition coefficient (Wildman–Crippen LogP) is 3.66. The zero-order valence-corrected chi connectivity index (χ0v) is 10.1. The summed E-state index contributed by atoms with van der Waals surface area (Å²) in [6, 6.07) is 4.96. The summed E-state index contributed by atoms with van der Waals surface area (Å²) in [5.74, 6) is -0.0323. The van der Waals surface area contributed by atoms with Crippen LogP contribution in [0.3, 0.4) is 0 Å². The average molecular weight is 287 g/mol. The van der Waals surface area contributed by atoms with Crippen molar-refractivity contribution in [3.63, 3.8) is 0 Å². The molecule has 0 amide bonds. The molecule has 15 heavy (non-hydrogen) atoms. The van der Waals surface area contributed by atoms with E-state index in [0.29, 0.717) is 12.4 Å². The van der Waals surface area contributed by atoms with Crippen molar-refractivity contribution in [2.45, 2.75) is 6.54 Å². The van der Waals surface area contributed by atoms with Gasteiger partial charge in [0.1, 0.15) is 0 Å². The van der Waals surface area contributed by atoms with E-state index in [1.54, 1.807) is 23.6 Å². The summed E-state index contributed by atoms with van der Waals surface area (Å²) in [5, 5.41) is 4.94. The normalized spacial score (nSPS) is 10.3. The number of halogens is 2. The van der Waals surface area contributed by atoms with Crippen LogP contribution in [0.5, 0.6) is 0 Å². The lowest BCUT2D eigenvalue weighted by Gasteiger charge is -2.03. The maximum Gasteiger partial charge on any atom is 0.165 e. The second-order valence-electron chi connectivity index (χ2n) is 2.92. The monoisotopic (exact) mass is 286 g/mol. The molecule has 2 heterocycles.